The summed E-state index contributed by atoms with van der Waals surface area (Å²) in [6, 6.07) is 0.100. The van der Waals surface area contributed by atoms with Gasteiger partial charge >= 0.3 is 5.97 Å². The van der Waals surface area contributed by atoms with E-state index < -0.39 is 0 Å². The lowest BCUT2D eigenvalue weighted by atomic mass is 10.1. The Morgan fingerprint density at radius 3 is 2.26 bits per heavy atom. The molecular weight excluding hydrogens is 240 g/mol. The minimum Gasteiger partial charge on any atom is -0.465 e. The minimum atomic E-state index is -0.195. The first-order valence-electron chi connectivity index (χ1n) is 7.78. The van der Waals surface area contributed by atoms with E-state index in [1.54, 1.807) is 0 Å². The molecule has 1 heterocycles. The van der Waals surface area contributed by atoms with Crippen LogP contribution >= 0.6 is 0 Å². The third kappa shape index (κ3) is 6.92. The van der Waals surface area contributed by atoms with Gasteiger partial charge in [0.1, 0.15) is 6.04 Å². The Morgan fingerprint density at radius 2 is 1.74 bits per heavy atom. The Hall–Kier alpha value is -0.610. The van der Waals surface area contributed by atoms with Crippen LogP contribution in [0.4, 0.5) is 0 Å². The lowest BCUT2D eigenvalue weighted by molar-refractivity contribution is -0.146. The van der Waals surface area contributed by atoms with Crippen molar-refractivity contribution in [1.82, 2.24) is 10.2 Å². The molecule has 1 aliphatic heterocycles. The van der Waals surface area contributed by atoms with E-state index in [-0.39, 0.29) is 12.0 Å². The molecule has 0 aromatic heterocycles. The van der Waals surface area contributed by atoms with Crippen LogP contribution in [-0.4, -0.2) is 49.2 Å². The van der Waals surface area contributed by atoms with Crippen LogP contribution in [0.3, 0.4) is 0 Å². The molecular formula is C15H30N2O2. The zero-order valence-corrected chi connectivity index (χ0v) is 12.8. The Balaban J connectivity index is 2.50. The minimum absolute atomic E-state index is 0.113. The molecule has 0 spiro atoms. The van der Waals surface area contributed by atoms with Crippen LogP contribution < -0.4 is 5.32 Å². The van der Waals surface area contributed by atoms with Crippen molar-refractivity contribution in [3.63, 3.8) is 0 Å². The van der Waals surface area contributed by atoms with Crippen LogP contribution in [0, 0.1) is 0 Å². The molecule has 1 fully saturated rings. The summed E-state index contributed by atoms with van der Waals surface area (Å²) in [4.78, 5) is 14.4. The summed E-state index contributed by atoms with van der Waals surface area (Å²) in [7, 11) is 0. The lowest BCUT2D eigenvalue weighted by Crippen LogP contribution is -2.49. The second kappa shape index (κ2) is 9.32. The van der Waals surface area contributed by atoms with Gasteiger partial charge in [-0.1, -0.05) is 33.1 Å². The Labute approximate surface area is 117 Å². The van der Waals surface area contributed by atoms with Gasteiger partial charge in [0.15, 0.2) is 0 Å². The molecule has 112 valence electrons. The first-order valence-corrected chi connectivity index (χ1v) is 7.78. The van der Waals surface area contributed by atoms with Crippen molar-refractivity contribution < 1.29 is 9.53 Å². The molecule has 0 radical (unpaired) electrons. The molecule has 0 amide bonds. The van der Waals surface area contributed by atoms with E-state index in [9.17, 15) is 4.79 Å². The summed E-state index contributed by atoms with van der Waals surface area (Å²) >= 11 is 0. The molecule has 0 aromatic carbocycles. The van der Waals surface area contributed by atoms with Crippen molar-refractivity contribution in [1.29, 1.82) is 0 Å². The van der Waals surface area contributed by atoms with Crippen molar-refractivity contribution >= 4 is 5.97 Å². The normalized spacial score (nSPS) is 19.8. The second-order valence-corrected chi connectivity index (χ2v) is 5.69. The zero-order valence-electron chi connectivity index (χ0n) is 12.8. The fourth-order valence-corrected chi connectivity index (χ4v) is 2.59. The maximum Gasteiger partial charge on any atom is 0.324 e. The number of carbonyl (C=O) groups excluding carboxylic acids is 1. The van der Waals surface area contributed by atoms with Gasteiger partial charge < -0.3 is 15.0 Å². The Bertz CT molecular complexity index is 249. The molecule has 4 heteroatoms. The predicted octanol–water partition coefficient (Wildman–Crippen LogP) is 2.18. The van der Waals surface area contributed by atoms with E-state index in [0.717, 1.165) is 19.6 Å². The van der Waals surface area contributed by atoms with Gasteiger partial charge in [-0.05, 0) is 32.9 Å². The summed E-state index contributed by atoms with van der Waals surface area (Å²) < 4.78 is 5.17. The molecule has 1 atom stereocenters. The first-order chi connectivity index (χ1) is 9.13. The van der Waals surface area contributed by atoms with Crippen molar-refractivity contribution in [2.45, 2.75) is 65.0 Å². The molecule has 19 heavy (non-hydrogen) atoms. The van der Waals surface area contributed by atoms with Gasteiger partial charge in [0.2, 0.25) is 0 Å². The predicted molar refractivity (Wildman–Crippen MR) is 78.2 cm³/mol. The molecule has 0 aliphatic carbocycles. The quantitative estimate of drug-likeness (QED) is 0.751. The highest BCUT2D eigenvalue weighted by Crippen LogP contribution is 2.11. The maximum atomic E-state index is 12.0. The SMILES string of the molecule is CCOC(=O)C(CN1CCCCCCC1)NC(C)C. The molecule has 1 unspecified atom stereocenters. The zero-order chi connectivity index (χ0) is 14.1. The van der Waals surface area contributed by atoms with Gasteiger partial charge in [-0.15, -0.1) is 0 Å². The number of hydrogen-bond acceptors (Lipinski definition) is 4. The first kappa shape index (κ1) is 16.4. The van der Waals surface area contributed by atoms with Crippen molar-refractivity contribution in [2.75, 3.05) is 26.2 Å². The summed E-state index contributed by atoms with van der Waals surface area (Å²) in [5.41, 5.74) is 0. The third-order valence-electron chi connectivity index (χ3n) is 3.50. The second-order valence-electron chi connectivity index (χ2n) is 5.69. The van der Waals surface area contributed by atoms with E-state index in [4.69, 9.17) is 4.74 Å². The summed E-state index contributed by atoms with van der Waals surface area (Å²) in [6.07, 6.45) is 6.49. The summed E-state index contributed by atoms with van der Waals surface area (Å²) in [5.74, 6) is -0.113. The van der Waals surface area contributed by atoms with Crippen LogP contribution in [-0.2, 0) is 9.53 Å². The standard InChI is InChI=1S/C15H30N2O2/c1-4-19-15(18)14(16-13(2)3)12-17-10-8-6-5-7-9-11-17/h13-14,16H,4-12H2,1-3H3. The topological polar surface area (TPSA) is 41.6 Å². The molecule has 0 saturated carbocycles. The van der Waals surface area contributed by atoms with Gasteiger partial charge in [-0.2, -0.15) is 0 Å². The smallest absolute Gasteiger partial charge is 0.324 e. The number of esters is 1. The summed E-state index contributed by atoms with van der Waals surface area (Å²) in [6.45, 7) is 9.44. The van der Waals surface area contributed by atoms with Gasteiger partial charge in [-0.25, -0.2) is 0 Å². The van der Waals surface area contributed by atoms with Crippen molar-refractivity contribution in [3.05, 3.63) is 0 Å². The lowest BCUT2D eigenvalue weighted by Gasteiger charge is -2.29. The van der Waals surface area contributed by atoms with Crippen LogP contribution in [0.15, 0.2) is 0 Å². The fourth-order valence-electron chi connectivity index (χ4n) is 2.59. The molecule has 1 aliphatic rings. The summed E-state index contributed by atoms with van der Waals surface area (Å²) in [5, 5.41) is 3.33. The van der Waals surface area contributed by atoms with Crippen LogP contribution in [0.5, 0.6) is 0 Å². The average molecular weight is 270 g/mol. The number of rotatable bonds is 6. The molecule has 1 N–H and O–H groups in total. The van der Waals surface area contributed by atoms with E-state index in [2.05, 4.69) is 24.1 Å². The molecule has 4 nitrogen and oxygen atoms in total. The van der Waals surface area contributed by atoms with Crippen molar-refractivity contribution in [3.8, 4) is 0 Å². The Morgan fingerprint density at radius 1 is 1.16 bits per heavy atom. The van der Waals surface area contributed by atoms with E-state index in [0.29, 0.717) is 12.6 Å². The number of ether oxygens (including phenoxy) is 1. The van der Waals surface area contributed by atoms with E-state index >= 15 is 0 Å². The number of likely N-dealkylation sites (tertiary alicyclic amines) is 1. The highest BCUT2D eigenvalue weighted by Gasteiger charge is 2.23. The van der Waals surface area contributed by atoms with Crippen LogP contribution in [0.2, 0.25) is 0 Å². The molecule has 0 bridgehead atoms. The van der Waals surface area contributed by atoms with Crippen molar-refractivity contribution in [2.24, 2.45) is 0 Å². The van der Waals surface area contributed by atoms with Gasteiger partial charge in [-0.3, -0.25) is 4.79 Å². The maximum absolute atomic E-state index is 12.0. The number of nitrogens with one attached hydrogen (secondary N) is 1. The van der Waals surface area contributed by atoms with Crippen LogP contribution in [0.1, 0.15) is 52.9 Å². The monoisotopic (exact) mass is 270 g/mol. The van der Waals surface area contributed by atoms with Gasteiger partial charge in [0, 0.05) is 12.6 Å². The number of carbonyl (C=O) groups is 1. The van der Waals surface area contributed by atoms with Gasteiger partial charge in [0.25, 0.3) is 0 Å². The average Bonchev–Trinajstić information content (AvgIpc) is 2.31. The third-order valence-corrected chi connectivity index (χ3v) is 3.50. The fraction of sp³-hybridized carbons (Fsp3) is 0.933. The highest BCUT2D eigenvalue weighted by atomic mass is 16.5. The van der Waals surface area contributed by atoms with Crippen LogP contribution in [0.25, 0.3) is 0 Å². The molecule has 1 rings (SSSR count). The largest absolute Gasteiger partial charge is 0.465 e. The van der Waals surface area contributed by atoms with E-state index in [1.807, 2.05) is 6.92 Å². The van der Waals surface area contributed by atoms with Gasteiger partial charge in [0.05, 0.1) is 6.61 Å². The van der Waals surface area contributed by atoms with E-state index in [1.165, 1.54) is 32.1 Å². The number of hydrogen-bond donors (Lipinski definition) is 1. The Kier molecular flexibility index (Phi) is 8.07. The molecule has 1 saturated heterocycles. The highest BCUT2D eigenvalue weighted by molar-refractivity contribution is 5.76. The molecule has 0 aromatic rings. The number of nitrogens with zero attached hydrogens (tertiary/aromatic N) is 1.